The highest BCUT2D eigenvalue weighted by molar-refractivity contribution is 5.91. The first-order valence-electron chi connectivity index (χ1n) is 8.33. The van der Waals surface area contributed by atoms with Crippen LogP contribution in [0.3, 0.4) is 0 Å². The summed E-state index contributed by atoms with van der Waals surface area (Å²) in [6.07, 6.45) is 4.72. The summed E-state index contributed by atoms with van der Waals surface area (Å²) in [5.41, 5.74) is 2.80. The van der Waals surface area contributed by atoms with Crippen LogP contribution in [-0.4, -0.2) is 29.2 Å². The molecule has 2 aromatic rings. The predicted molar refractivity (Wildman–Crippen MR) is 92.0 cm³/mol. The van der Waals surface area contributed by atoms with E-state index < -0.39 is 0 Å². The molecule has 1 aliphatic heterocycles. The van der Waals surface area contributed by atoms with Crippen LogP contribution >= 0.6 is 0 Å². The van der Waals surface area contributed by atoms with Crippen molar-refractivity contribution in [1.82, 2.24) is 15.5 Å². The lowest BCUT2D eigenvalue weighted by Gasteiger charge is -2.28. The third-order valence-corrected chi connectivity index (χ3v) is 4.61. The second-order valence-electron chi connectivity index (χ2n) is 6.39. The number of piperidine rings is 1. The van der Waals surface area contributed by atoms with E-state index in [1.54, 1.807) is 6.20 Å². The normalized spacial score (nSPS) is 19.3. The summed E-state index contributed by atoms with van der Waals surface area (Å²) in [7, 11) is 0. The molecule has 1 saturated heterocycles. The fourth-order valence-electron chi connectivity index (χ4n) is 3.22. The monoisotopic (exact) mass is 312 g/mol. The van der Waals surface area contributed by atoms with Crippen molar-refractivity contribution < 1.29 is 4.79 Å². The zero-order valence-electron chi connectivity index (χ0n) is 13.5. The van der Waals surface area contributed by atoms with E-state index in [0.29, 0.717) is 18.3 Å². The van der Waals surface area contributed by atoms with E-state index in [9.17, 15) is 4.79 Å². The number of hydrogen-bond donors (Lipinski definition) is 3. The summed E-state index contributed by atoms with van der Waals surface area (Å²) in [6, 6.07) is 9.75. The van der Waals surface area contributed by atoms with Gasteiger partial charge in [-0.05, 0) is 56.0 Å². The molecule has 3 N–H and O–H groups in total. The molecule has 1 fully saturated rings. The molecule has 5 heteroatoms. The third-order valence-electron chi connectivity index (χ3n) is 4.61. The van der Waals surface area contributed by atoms with Crippen LogP contribution in [0.2, 0.25) is 0 Å². The van der Waals surface area contributed by atoms with E-state index in [0.717, 1.165) is 30.0 Å². The fourth-order valence-corrected chi connectivity index (χ4v) is 3.22. The molecule has 2 atom stereocenters. The quantitative estimate of drug-likeness (QED) is 0.795. The van der Waals surface area contributed by atoms with Crippen LogP contribution in [-0.2, 0) is 4.79 Å². The average molecular weight is 312 g/mol. The number of rotatable bonds is 5. The van der Waals surface area contributed by atoms with Crippen LogP contribution in [0, 0.1) is 11.8 Å². The summed E-state index contributed by atoms with van der Waals surface area (Å²) in [4.78, 5) is 12.3. The Morgan fingerprint density at radius 3 is 3.09 bits per heavy atom. The lowest BCUT2D eigenvalue weighted by molar-refractivity contribution is -0.117. The Balaban J connectivity index is 1.58. The van der Waals surface area contributed by atoms with Crippen molar-refractivity contribution in [1.29, 1.82) is 0 Å². The molecule has 0 saturated carbocycles. The van der Waals surface area contributed by atoms with Gasteiger partial charge < -0.3 is 10.6 Å². The molecular formula is C18H24N4O. The molecule has 1 amide bonds. The van der Waals surface area contributed by atoms with Crippen molar-refractivity contribution in [3.05, 3.63) is 36.5 Å². The number of aromatic amines is 1. The van der Waals surface area contributed by atoms with E-state index in [-0.39, 0.29) is 5.91 Å². The van der Waals surface area contributed by atoms with Crippen LogP contribution in [0.5, 0.6) is 0 Å². The molecule has 122 valence electrons. The molecule has 0 radical (unpaired) electrons. The number of nitrogens with one attached hydrogen (secondary N) is 3. The van der Waals surface area contributed by atoms with Gasteiger partial charge in [-0.15, -0.1) is 0 Å². The number of benzene rings is 1. The minimum Gasteiger partial charge on any atom is -0.326 e. The van der Waals surface area contributed by atoms with E-state index in [4.69, 9.17) is 0 Å². The highest BCUT2D eigenvalue weighted by atomic mass is 16.1. The minimum atomic E-state index is 0.0878. The highest BCUT2D eigenvalue weighted by Gasteiger charge is 2.22. The van der Waals surface area contributed by atoms with Crippen LogP contribution < -0.4 is 10.6 Å². The molecule has 0 aliphatic carbocycles. The minimum absolute atomic E-state index is 0.0878. The smallest absolute Gasteiger partial charge is 0.224 e. The summed E-state index contributed by atoms with van der Waals surface area (Å²) in [6.45, 7) is 4.32. The molecule has 0 spiro atoms. The van der Waals surface area contributed by atoms with E-state index in [2.05, 4.69) is 27.8 Å². The summed E-state index contributed by atoms with van der Waals surface area (Å²) in [5, 5.41) is 13.3. The maximum absolute atomic E-state index is 12.3. The van der Waals surface area contributed by atoms with Crippen LogP contribution in [0.4, 0.5) is 5.69 Å². The first kappa shape index (κ1) is 15.7. The SMILES string of the molecule is CC(CC(=O)Nc1cccc(-c2ccn[nH]2)c1)C1CCCNC1. The van der Waals surface area contributed by atoms with Gasteiger partial charge in [0.05, 0.1) is 5.69 Å². The van der Waals surface area contributed by atoms with Crippen molar-refractivity contribution in [3.8, 4) is 11.3 Å². The molecule has 1 aromatic carbocycles. The van der Waals surface area contributed by atoms with Crippen molar-refractivity contribution >= 4 is 11.6 Å². The number of anilines is 1. The number of carbonyl (C=O) groups is 1. The van der Waals surface area contributed by atoms with Gasteiger partial charge in [0, 0.05) is 23.9 Å². The van der Waals surface area contributed by atoms with Crippen LogP contribution in [0.1, 0.15) is 26.2 Å². The maximum Gasteiger partial charge on any atom is 0.224 e. The highest BCUT2D eigenvalue weighted by Crippen LogP contribution is 2.24. The van der Waals surface area contributed by atoms with E-state index in [1.165, 1.54) is 12.8 Å². The van der Waals surface area contributed by atoms with Gasteiger partial charge >= 0.3 is 0 Å². The number of hydrogen-bond acceptors (Lipinski definition) is 3. The molecule has 5 nitrogen and oxygen atoms in total. The Bertz CT molecular complexity index is 632. The Kier molecular flexibility index (Phi) is 5.08. The third kappa shape index (κ3) is 4.20. The van der Waals surface area contributed by atoms with E-state index in [1.807, 2.05) is 30.3 Å². The predicted octanol–water partition coefficient (Wildman–Crippen LogP) is 3.04. The van der Waals surface area contributed by atoms with Crippen molar-refractivity contribution in [3.63, 3.8) is 0 Å². The first-order chi connectivity index (χ1) is 11.2. The van der Waals surface area contributed by atoms with E-state index >= 15 is 0 Å². The zero-order valence-corrected chi connectivity index (χ0v) is 13.5. The number of amides is 1. The molecule has 0 bridgehead atoms. The zero-order chi connectivity index (χ0) is 16.1. The van der Waals surface area contributed by atoms with Gasteiger partial charge in [0.15, 0.2) is 0 Å². The lowest BCUT2D eigenvalue weighted by Crippen LogP contribution is -2.34. The summed E-state index contributed by atoms with van der Waals surface area (Å²) < 4.78 is 0. The molecule has 2 heterocycles. The Hall–Kier alpha value is -2.14. The van der Waals surface area contributed by atoms with Gasteiger partial charge in [-0.3, -0.25) is 9.89 Å². The summed E-state index contributed by atoms with van der Waals surface area (Å²) >= 11 is 0. The molecule has 2 unspecified atom stereocenters. The molecule has 1 aromatic heterocycles. The average Bonchev–Trinajstić information content (AvgIpc) is 3.10. The second-order valence-corrected chi connectivity index (χ2v) is 6.39. The number of carbonyl (C=O) groups excluding carboxylic acids is 1. The Morgan fingerprint density at radius 1 is 1.43 bits per heavy atom. The van der Waals surface area contributed by atoms with Crippen LogP contribution in [0.15, 0.2) is 36.5 Å². The number of aromatic nitrogens is 2. The molecule has 1 aliphatic rings. The van der Waals surface area contributed by atoms with Gasteiger partial charge in [-0.2, -0.15) is 5.10 Å². The van der Waals surface area contributed by atoms with Crippen molar-refractivity contribution in [2.24, 2.45) is 11.8 Å². The Labute approximate surface area is 136 Å². The number of H-pyrrole nitrogens is 1. The largest absolute Gasteiger partial charge is 0.326 e. The topological polar surface area (TPSA) is 69.8 Å². The molecule has 3 rings (SSSR count). The second kappa shape index (κ2) is 7.42. The fraction of sp³-hybridized carbons (Fsp3) is 0.444. The maximum atomic E-state index is 12.3. The van der Waals surface area contributed by atoms with Gasteiger partial charge in [-0.1, -0.05) is 19.1 Å². The van der Waals surface area contributed by atoms with Crippen molar-refractivity contribution in [2.75, 3.05) is 18.4 Å². The molecule has 23 heavy (non-hydrogen) atoms. The standard InChI is InChI=1S/C18H24N4O/c1-13(15-5-3-8-19-12-15)10-18(23)21-16-6-2-4-14(11-16)17-7-9-20-22-17/h2,4,6-7,9,11,13,15,19H,3,5,8,10,12H2,1H3,(H,20,22)(H,21,23). The number of nitrogens with zero attached hydrogens (tertiary/aromatic N) is 1. The van der Waals surface area contributed by atoms with Gasteiger partial charge in [0.2, 0.25) is 5.91 Å². The van der Waals surface area contributed by atoms with Gasteiger partial charge in [0.25, 0.3) is 0 Å². The first-order valence-corrected chi connectivity index (χ1v) is 8.33. The van der Waals surface area contributed by atoms with Crippen LogP contribution in [0.25, 0.3) is 11.3 Å². The Morgan fingerprint density at radius 2 is 2.35 bits per heavy atom. The van der Waals surface area contributed by atoms with Crippen molar-refractivity contribution in [2.45, 2.75) is 26.2 Å². The van der Waals surface area contributed by atoms with Gasteiger partial charge in [-0.25, -0.2) is 0 Å². The lowest BCUT2D eigenvalue weighted by atomic mass is 9.85. The molecular weight excluding hydrogens is 288 g/mol. The van der Waals surface area contributed by atoms with Gasteiger partial charge in [0.1, 0.15) is 0 Å². The summed E-state index contributed by atoms with van der Waals surface area (Å²) in [5.74, 6) is 1.09.